The average Bonchev–Trinajstić information content (AvgIpc) is 3.43. The van der Waals surface area contributed by atoms with Gasteiger partial charge in [0.15, 0.2) is 5.82 Å². The number of aromatic nitrogens is 2. The normalized spacial score (nSPS) is 17.9. The van der Waals surface area contributed by atoms with Gasteiger partial charge in [-0.25, -0.2) is 9.99 Å². The van der Waals surface area contributed by atoms with Crippen molar-refractivity contribution >= 4 is 38.4 Å². The van der Waals surface area contributed by atoms with E-state index < -0.39 is 5.72 Å². The standard InChI is InChI=1S/C28H17BrN4O2/c29-19-15-16-24-22(17-19)28(27-30-23-14-8-7-13-21(23)26(34)32(24)27)33(20-11-5-2-6-12-20)31-25(35-28)18-9-3-1-4-10-18/h1-17H. The maximum atomic E-state index is 13.8. The molecule has 1 spiro atoms. The Morgan fingerprint density at radius 3 is 2.34 bits per heavy atom. The molecule has 5 aromatic rings. The van der Waals surface area contributed by atoms with E-state index in [-0.39, 0.29) is 5.56 Å². The zero-order chi connectivity index (χ0) is 23.6. The first-order valence-electron chi connectivity index (χ1n) is 11.2. The first-order chi connectivity index (χ1) is 17.2. The number of hydrogen-bond acceptors (Lipinski definition) is 5. The minimum absolute atomic E-state index is 0.143. The maximum absolute atomic E-state index is 13.8. The van der Waals surface area contributed by atoms with Crippen molar-refractivity contribution in [3.8, 4) is 5.69 Å². The number of hydrazone groups is 1. The number of benzene rings is 4. The molecule has 0 amide bonds. The van der Waals surface area contributed by atoms with Crippen LogP contribution >= 0.6 is 15.9 Å². The van der Waals surface area contributed by atoms with Crippen LogP contribution in [0.1, 0.15) is 17.0 Å². The molecule has 0 radical (unpaired) electrons. The predicted molar refractivity (Wildman–Crippen MR) is 139 cm³/mol. The van der Waals surface area contributed by atoms with E-state index in [9.17, 15) is 4.79 Å². The summed E-state index contributed by atoms with van der Waals surface area (Å²) in [4.78, 5) is 18.8. The van der Waals surface area contributed by atoms with Gasteiger partial charge in [0.25, 0.3) is 11.3 Å². The number of rotatable bonds is 2. The second kappa shape index (κ2) is 7.38. The zero-order valence-corrected chi connectivity index (χ0v) is 19.9. The molecule has 2 aliphatic rings. The fraction of sp³-hybridized carbons (Fsp3) is 0.0357. The summed E-state index contributed by atoms with van der Waals surface area (Å²) in [5, 5.41) is 7.34. The lowest BCUT2D eigenvalue weighted by Gasteiger charge is -2.32. The summed E-state index contributed by atoms with van der Waals surface area (Å²) in [7, 11) is 0. The Morgan fingerprint density at radius 1 is 0.829 bits per heavy atom. The fourth-order valence-electron chi connectivity index (χ4n) is 4.86. The third kappa shape index (κ3) is 2.79. The maximum Gasteiger partial charge on any atom is 0.291 e. The molecule has 2 aliphatic heterocycles. The SMILES string of the molecule is O=c1c2ccccc2nc2n1-c1ccc(Br)cc1C21OC(c2ccccc2)=NN1c1ccccc1. The van der Waals surface area contributed by atoms with Crippen LogP contribution in [-0.4, -0.2) is 15.4 Å². The summed E-state index contributed by atoms with van der Waals surface area (Å²) in [6.45, 7) is 0. The van der Waals surface area contributed by atoms with E-state index >= 15 is 0 Å². The quantitative estimate of drug-likeness (QED) is 0.305. The van der Waals surface area contributed by atoms with Crippen LogP contribution in [0.2, 0.25) is 0 Å². The number of hydrogen-bond donors (Lipinski definition) is 0. The molecule has 3 heterocycles. The molecule has 1 atom stereocenters. The monoisotopic (exact) mass is 520 g/mol. The minimum Gasteiger partial charge on any atom is -0.435 e. The van der Waals surface area contributed by atoms with Gasteiger partial charge in [-0.1, -0.05) is 64.5 Å². The lowest BCUT2D eigenvalue weighted by atomic mass is 10.0. The van der Waals surface area contributed by atoms with Gasteiger partial charge in [-0.3, -0.25) is 9.36 Å². The average molecular weight is 521 g/mol. The van der Waals surface area contributed by atoms with Crippen molar-refractivity contribution < 1.29 is 4.74 Å². The highest BCUT2D eigenvalue weighted by molar-refractivity contribution is 9.10. The van der Waals surface area contributed by atoms with Gasteiger partial charge in [0, 0.05) is 10.0 Å². The number of anilines is 1. The number of halogens is 1. The van der Waals surface area contributed by atoms with E-state index in [1.165, 1.54) is 0 Å². The number of fused-ring (bicyclic) bond motifs is 6. The van der Waals surface area contributed by atoms with Gasteiger partial charge < -0.3 is 4.74 Å². The molecular formula is C28H17BrN4O2. The van der Waals surface area contributed by atoms with Gasteiger partial charge in [0.2, 0.25) is 5.90 Å². The molecule has 0 saturated heterocycles. The summed E-state index contributed by atoms with van der Waals surface area (Å²) >= 11 is 3.62. The Bertz CT molecular complexity index is 1720. The van der Waals surface area contributed by atoms with E-state index in [1.54, 1.807) is 10.6 Å². The van der Waals surface area contributed by atoms with Gasteiger partial charge in [-0.15, -0.1) is 5.10 Å². The first kappa shape index (κ1) is 20.2. The Kier molecular flexibility index (Phi) is 4.25. The Balaban J connectivity index is 1.59. The fourth-order valence-corrected chi connectivity index (χ4v) is 5.22. The lowest BCUT2D eigenvalue weighted by Crippen LogP contribution is -2.43. The van der Waals surface area contributed by atoms with Crippen molar-refractivity contribution in [3.63, 3.8) is 0 Å². The molecule has 4 aromatic carbocycles. The molecule has 0 aliphatic carbocycles. The summed E-state index contributed by atoms with van der Waals surface area (Å²) < 4.78 is 9.33. The smallest absolute Gasteiger partial charge is 0.291 e. The number of nitrogens with zero attached hydrogens (tertiary/aromatic N) is 4. The highest BCUT2D eigenvalue weighted by Crippen LogP contribution is 2.50. The van der Waals surface area contributed by atoms with Crippen LogP contribution in [0.25, 0.3) is 16.6 Å². The first-order valence-corrected chi connectivity index (χ1v) is 12.0. The van der Waals surface area contributed by atoms with Gasteiger partial charge in [0.1, 0.15) is 0 Å². The van der Waals surface area contributed by atoms with Crippen molar-refractivity contribution in [2.75, 3.05) is 5.01 Å². The molecule has 0 N–H and O–H groups in total. The van der Waals surface area contributed by atoms with E-state index in [0.717, 1.165) is 27.0 Å². The van der Waals surface area contributed by atoms with Gasteiger partial charge in [-0.2, -0.15) is 0 Å². The van der Waals surface area contributed by atoms with Crippen molar-refractivity contribution in [1.82, 2.24) is 9.55 Å². The van der Waals surface area contributed by atoms with Gasteiger partial charge in [0.05, 0.1) is 27.8 Å². The van der Waals surface area contributed by atoms with Crippen LogP contribution in [0, 0.1) is 0 Å². The van der Waals surface area contributed by atoms with Crippen LogP contribution in [0.5, 0.6) is 0 Å². The molecule has 35 heavy (non-hydrogen) atoms. The van der Waals surface area contributed by atoms with Crippen molar-refractivity contribution in [3.05, 3.63) is 135 Å². The third-order valence-corrected chi connectivity index (χ3v) is 6.89. The van der Waals surface area contributed by atoms with Crippen LogP contribution in [0.3, 0.4) is 0 Å². The second-order valence-corrected chi connectivity index (χ2v) is 9.33. The van der Waals surface area contributed by atoms with E-state index in [2.05, 4.69) is 15.9 Å². The summed E-state index contributed by atoms with van der Waals surface area (Å²) in [5.74, 6) is 0.920. The molecule has 7 heteroatoms. The molecule has 6 nitrogen and oxygen atoms in total. The van der Waals surface area contributed by atoms with E-state index in [4.69, 9.17) is 14.8 Å². The van der Waals surface area contributed by atoms with Crippen molar-refractivity contribution in [2.45, 2.75) is 5.72 Å². The molecule has 7 rings (SSSR count). The highest BCUT2D eigenvalue weighted by atomic mass is 79.9. The third-order valence-electron chi connectivity index (χ3n) is 6.40. The van der Waals surface area contributed by atoms with Crippen LogP contribution in [0.15, 0.2) is 117 Å². The lowest BCUT2D eigenvalue weighted by molar-refractivity contribution is 0.116. The second-order valence-electron chi connectivity index (χ2n) is 8.42. The molecule has 1 unspecified atom stereocenters. The van der Waals surface area contributed by atoms with E-state index in [0.29, 0.717) is 22.6 Å². The minimum atomic E-state index is -1.27. The van der Waals surface area contributed by atoms with Gasteiger partial charge in [-0.05, 0) is 54.6 Å². The predicted octanol–water partition coefficient (Wildman–Crippen LogP) is 5.56. The van der Waals surface area contributed by atoms with Crippen LogP contribution in [-0.2, 0) is 10.5 Å². The van der Waals surface area contributed by atoms with Crippen molar-refractivity contribution in [1.29, 1.82) is 0 Å². The molecule has 0 fully saturated rings. The van der Waals surface area contributed by atoms with Crippen LogP contribution < -0.4 is 10.6 Å². The van der Waals surface area contributed by atoms with Crippen LogP contribution in [0.4, 0.5) is 5.69 Å². The van der Waals surface area contributed by atoms with Gasteiger partial charge >= 0.3 is 0 Å². The molecular weight excluding hydrogens is 504 g/mol. The zero-order valence-electron chi connectivity index (χ0n) is 18.3. The molecule has 0 bridgehead atoms. The topological polar surface area (TPSA) is 59.7 Å². The van der Waals surface area contributed by atoms with Crippen molar-refractivity contribution in [2.24, 2.45) is 5.10 Å². The largest absolute Gasteiger partial charge is 0.435 e. The number of ether oxygens (including phenoxy) is 1. The number of para-hydroxylation sites is 2. The molecule has 168 valence electrons. The summed E-state index contributed by atoms with van der Waals surface area (Å²) in [6, 6.07) is 32.8. The Labute approximate surface area is 208 Å². The summed E-state index contributed by atoms with van der Waals surface area (Å²) in [5.41, 5.74) is 2.36. The highest BCUT2D eigenvalue weighted by Gasteiger charge is 2.58. The Hall–Kier alpha value is -4.23. The molecule has 1 aromatic heterocycles. The molecule has 0 saturated carbocycles. The summed E-state index contributed by atoms with van der Waals surface area (Å²) in [6.07, 6.45) is 0. The Morgan fingerprint density at radius 2 is 1.54 bits per heavy atom. The van der Waals surface area contributed by atoms with E-state index in [1.807, 2.05) is 102 Å².